The van der Waals surface area contributed by atoms with Gasteiger partial charge < -0.3 is 9.84 Å². The Hall–Kier alpha value is -1.30. The molecule has 1 rings (SSSR count). The highest BCUT2D eigenvalue weighted by Gasteiger charge is 2.28. The molecule has 6 heteroatoms. The van der Waals surface area contributed by atoms with Gasteiger partial charge >= 0.3 is 6.18 Å². The smallest absolute Gasteiger partial charge is 0.389 e. The number of rotatable bonds is 4. The average Bonchev–Trinajstić information content (AvgIpc) is 2.24. The number of hydrogen-bond acceptors (Lipinski definition) is 2. The molecule has 0 heterocycles. The van der Waals surface area contributed by atoms with E-state index in [4.69, 9.17) is 0 Å². The number of benzene rings is 1. The lowest BCUT2D eigenvalue weighted by Crippen LogP contribution is -2.10. The summed E-state index contributed by atoms with van der Waals surface area (Å²) in [5.74, 6) is -0.729. The Morgan fingerprint density at radius 2 is 2.00 bits per heavy atom. The van der Waals surface area contributed by atoms with E-state index in [0.29, 0.717) is 0 Å². The Kier molecular flexibility index (Phi) is 4.34. The topological polar surface area (TPSA) is 29.5 Å². The van der Waals surface area contributed by atoms with E-state index in [1.54, 1.807) is 0 Å². The minimum Gasteiger partial charge on any atom is -0.494 e. The molecule has 0 saturated carbocycles. The first-order chi connectivity index (χ1) is 7.83. The third-order valence-corrected chi connectivity index (χ3v) is 2.26. The van der Waals surface area contributed by atoms with Crippen molar-refractivity contribution >= 4 is 0 Å². The van der Waals surface area contributed by atoms with Gasteiger partial charge in [-0.1, -0.05) is 6.07 Å². The van der Waals surface area contributed by atoms with Crippen molar-refractivity contribution in [3.05, 3.63) is 29.6 Å². The summed E-state index contributed by atoms with van der Waals surface area (Å²) in [6.45, 7) is 0. The number of methoxy groups -OCH3 is 1. The number of alkyl halides is 3. The number of aliphatic hydroxyl groups is 1. The number of aliphatic hydroxyl groups excluding tert-OH is 1. The molecule has 1 unspecified atom stereocenters. The van der Waals surface area contributed by atoms with E-state index in [2.05, 4.69) is 4.74 Å². The zero-order valence-electron chi connectivity index (χ0n) is 9.09. The Morgan fingerprint density at radius 1 is 1.35 bits per heavy atom. The van der Waals surface area contributed by atoms with Crippen LogP contribution in [0.5, 0.6) is 5.75 Å². The molecule has 0 amide bonds. The molecule has 0 bridgehead atoms. The second-order valence-electron chi connectivity index (χ2n) is 3.56. The lowest BCUT2D eigenvalue weighted by molar-refractivity contribution is -0.140. The highest BCUT2D eigenvalue weighted by Crippen LogP contribution is 2.29. The summed E-state index contributed by atoms with van der Waals surface area (Å²) in [6.07, 6.45) is -7.26. The standard InChI is InChI=1S/C11H12F4O2/c1-17-10-3-2-7(6-8(10)12)9(16)4-5-11(13,14)15/h2-3,6,9,16H,4-5H2,1H3. The molecule has 96 valence electrons. The van der Waals surface area contributed by atoms with Gasteiger partial charge in [-0.3, -0.25) is 0 Å². The Morgan fingerprint density at radius 3 is 2.47 bits per heavy atom. The molecule has 1 N–H and O–H groups in total. The summed E-state index contributed by atoms with van der Waals surface area (Å²) < 4.78 is 53.7. The van der Waals surface area contributed by atoms with Crippen LogP contribution in [-0.2, 0) is 0 Å². The molecular formula is C11H12F4O2. The van der Waals surface area contributed by atoms with E-state index >= 15 is 0 Å². The molecule has 0 aliphatic rings. The van der Waals surface area contributed by atoms with Crippen molar-refractivity contribution < 1.29 is 27.4 Å². The summed E-state index contributed by atoms with van der Waals surface area (Å²) in [7, 11) is 1.28. The highest BCUT2D eigenvalue weighted by atomic mass is 19.4. The summed E-state index contributed by atoms with van der Waals surface area (Å²) in [4.78, 5) is 0. The monoisotopic (exact) mass is 252 g/mol. The fourth-order valence-electron chi connectivity index (χ4n) is 1.36. The van der Waals surface area contributed by atoms with Crippen LogP contribution in [0.4, 0.5) is 17.6 Å². The Balaban J connectivity index is 2.69. The van der Waals surface area contributed by atoms with E-state index in [9.17, 15) is 22.7 Å². The second-order valence-corrected chi connectivity index (χ2v) is 3.56. The maximum absolute atomic E-state index is 13.2. The third kappa shape index (κ3) is 4.22. The summed E-state index contributed by atoms with van der Waals surface area (Å²) in [5.41, 5.74) is 0.104. The van der Waals surface area contributed by atoms with Gasteiger partial charge in [-0.05, 0) is 24.1 Å². The first-order valence-electron chi connectivity index (χ1n) is 4.92. The van der Waals surface area contributed by atoms with Crippen molar-refractivity contribution in [1.82, 2.24) is 0 Å². The fraction of sp³-hybridized carbons (Fsp3) is 0.455. The van der Waals surface area contributed by atoms with Gasteiger partial charge in [-0.25, -0.2) is 4.39 Å². The molecule has 1 atom stereocenters. The van der Waals surface area contributed by atoms with Crippen LogP contribution in [0.15, 0.2) is 18.2 Å². The molecule has 17 heavy (non-hydrogen) atoms. The summed E-state index contributed by atoms with van der Waals surface area (Å²) in [5, 5.41) is 9.46. The zero-order valence-corrected chi connectivity index (χ0v) is 9.09. The van der Waals surface area contributed by atoms with Crippen molar-refractivity contribution in [2.45, 2.75) is 25.1 Å². The predicted octanol–water partition coefficient (Wildman–Crippen LogP) is 3.21. The minimum absolute atomic E-state index is 0.0169. The maximum atomic E-state index is 13.2. The van der Waals surface area contributed by atoms with Crippen molar-refractivity contribution in [3.63, 3.8) is 0 Å². The molecular weight excluding hydrogens is 240 g/mol. The van der Waals surface area contributed by atoms with Crippen molar-refractivity contribution in [1.29, 1.82) is 0 Å². The van der Waals surface area contributed by atoms with E-state index in [0.717, 1.165) is 6.07 Å². The van der Waals surface area contributed by atoms with Crippen LogP contribution in [0, 0.1) is 5.82 Å². The van der Waals surface area contributed by atoms with E-state index < -0.39 is 30.9 Å². The number of halogens is 4. The molecule has 1 aromatic carbocycles. The van der Waals surface area contributed by atoms with Crippen LogP contribution in [0.1, 0.15) is 24.5 Å². The largest absolute Gasteiger partial charge is 0.494 e. The van der Waals surface area contributed by atoms with Gasteiger partial charge in [0.25, 0.3) is 0 Å². The van der Waals surface area contributed by atoms with E-state index in [-0.39, 0.29) is 11.3 Å². The molecule has 0 fully saturated rings. The molecule has 0 radical (unpaired) electrons. The van der Waals surface area contributed by atoms with Gasteiger partial charge in [0.15, 0.2) is 11.6 Å². The van der Waals surface area contributed by atoms with Crippen molar-refractivity contribution in [2.75, 3.05) is 7.11 Å². The molecule has 0 aliphatic carbocycles. The highest BCUT2D eigenvalue weighted by molar-refractivity contribution is 5.30. The van der Waals surface area contributed by atoms with Crippen LogP contribution < -0.4 is 4.74 Å². The van der Waals surface area contributed by atoms with Crippen LogP contribution in [0.25, 0.3) is 0 Å². The van der Waals surface area contributed by atoms with Crippen LogP contribution in [0.3, 0.4) is 0 Å². The second kappa shape index (κ2) is 5.35. The molecule has 0 aromatic heterocycles. The molecule has 0 spiro atoms. The van der Waals surface area contributed by atoms with Gasteiger partial charge in [-0.2, -0.15) is 13.2 Å². The third-order valence-electron chi connectivity index (χ3n) is 2.26. The quantitative estimate of drug-likeness (QED) is 0.834. The van der Waals surface area contributed by atoms with Gasteiger partial charge in [0.05, 0.1) is 13.2 Å². The van der Waals surface area contributed by atoms with Crippen molar-refractivity contribution in [2.24, 2.45) is 0 Å². The molecule has 0 saturated heterocycles. The number of ether oxygens (including phenoxy) is 1. The number of hydrogen-bond donors (Lipinski definition) is 1. The van der Waals surface area contributed by atoms with Crippen LogP contribution in [0.2, 0.25) is 0 Å². The summed E-state index contributed by atoms with van der Waals surface area (Å²) in [6, 6.07) is 3.57. The maximum Gasteiger partial charge on any atom is 0.389 e. The molecule has 1 aromatic rings. The lowest BCUT2D eigenvalue weighted by Gasteiger charge is -2.13. The lowest BCUT2D eigenvalue weighted by atomic mass is 10.0. The fourth-order valence-corrected chi connectivity index (χ4v) is 1.36. The minimum atomic E-state index is -4.33. The Labute approximate surface area is 95.8 Å². The van der Waals surface area contributed by atoms with E-state index in [1.807, 2.05) is 0 Å². The van der Waals surface area contributed by atoms with Gasteiger partial charge in [0.1, 0.15) is 0 Å². The Bertz CT molecular complexity index is 376. The first kappa shape index (κ1) is 13.8. The molecule has 0 aliphatic heterocycles. The van der Waals surface area contributed by atoms with Crippen LogP contribution in [-0.4, -0.2) is 18.4 Å². The summed E-state index contributed by atoms with van der Waals surface area (Å²) >= 11 is 0. The van der Waals surface area contributed by atoms with Crippen molar-refractivity contribution in [3.8, 4) is 5.75 Å². The van der Waals surface area contributed by atoms with Gasteiger partial charge in [0, 0.05) is 6.42 Å². The SMILES string of the molecule is COc1ccc(C(O)CCC(F)(F)F)cc1F. The van der Waals surface area contributed by atoms with E-state index in [1.165, 1.54) is 19.2 Å². The van der Waals surface area contributed by atoms with Gasteiger partial charge in [-0.15, -0.1) is 0 Å². The normalized spacial score (nSPS) is 13.5. The zero-order chi connectivity index (χ0) is 13.1. The predicted molar refractivity (Wildman–Crippen MR) is 53.2 cm³/mol. The molecule has 2 nitrogen and oxygen atoms in total. The van der Waals surface area contributed by atoms with Gasteiger partial charge in [0.2, 0.25) is 0 Å². The first-order valence-corrected chi connectivity index (χ1v) is 4.92. The van der Waals surface area contributed by atoms with Crippen LogP contribution >= 0.6 is 0 Å². The average molecular weight is 252 g/mol.